The van der Waals surface area contributed by atoms with E-state index in [1.807, 2.05) is 17.4 Å². The lowest BCUT2D eigenvalue weighted by atomic mass is 9.99. The van der Waals surface area contributed by atoms with Crippen LogP contribution < -0.4 is 0 Å². The molecule has 12 rings (SSSR count). The average Bonchev–Trinajstić information content (AvgIpc) is 3.94. The second-order valence-electron chi connectivity index (χ2n) is 13.7. The van der Waals surface area contributed by atoms with Crippen LogP contribution in [0.15, 0.2) is 174 Å². The number of benzene rings is 8. The molecule has 4 heteroatoms. The first-order valence-electron chi connectivity index (χ1n) is 17.7. The van der Waals surface area contributed by atoms with Gasteiger partial charge in [0.2, 0.25) is 0 Å². The SMILES string of the molecule is c1ccc(-n2c3cc(-c4ccc5c(c4)c4c6c(ccc4n5-c4ccccc4)sc4ccccc46)ccc3c3cc4c(cc32)oc2ccccc24)cc1. The molecule has 4 aromatic heterocycles. The van der Waals surface area contributed by atoms with Crippen LogP contribution in [-0.2, 0) is 0 Å². The summed E-state index contributed by atoms with van der Waals surface area (Å²) < 4.78 is 13.8. The van der Waals surface area contributed by atoms with Crippen molar-refractivity contribution in [2.24, 2.45) is 0 Å². The molecule has 0 radical (unpaired) electrons. The number of fused-ring (bicyclic) bond motifs is 13. The number of aromatic nitrogens is 2. The van der Waals surface area contributed by atoms with Gasteiger partial charge in [-0.1, -0.05) is 91.0 Å². The van der Waals surface area contributed by atoms with E-state index in [1.54, 1.807) is 0 Å². The summed E-state index contributed by atoms with van der Waals surface area (Å²) >= 11 is 1.88. The number of rotatable bonds is 3. The maximum Gasteiger partial charge on any atom is 0.137 e. The zero-order chi connectivity index (χ0) is 33.9. The molecule has 0 aliphatic heterocycles. The summed E-state index contributed by atoms with van der Waals surface area (Å²) in [6.07, 6.45) is 0. The molecule has 12 aromatic rings. The van der Waals surface area contributed by atoms with Crippen LogP contribution in [0.5, 0.6) is 0 Å². The highest BCUT2D eigenvalue weighted by Gasteiger charge is 2.20. The molecule has 52 heavy (non-hydrogen) atoms. The number of hydrogen-bond acceptors (Lipinski definition) is 2. The van der Waals surface area contributed by atoms with Crippen molar-refractivity contribution in [1.29, 1.82) is 0 Å². The van der Waals surface area contributed by atoms with Crippen molar-refractivity contribution in [3.63, 3.8) is 0 Å². The van der Waals surface area contributed by atoms with Crippen LogP contribution in [0.2, 0.25) is 0 Å². The summed E-state index contributed by atoms with van der Waals surface area (Å²) in [6.45, 7) is 0. The van der Waals surface area contributed by atoms with Gasteiger partial charge in [0.25, 0.3) is 0 Å². The highest BCUT2D eigenvalue weighted by molar-refractivity contribution is 7.26. The minimum absolute atomic E-state index is 0.904. The third kappa shape index (κ3) is 3.84. The molecule has 242 valence electrons. The van der Waals surface area contributed by atoms with Crippen molar-refractivity contribution in [3.8, 4) is 22.5 Å². The predicted molar refractivity (Wildman–Crippen MR) is 221 cm³/mol. The largest absolute Gasteiger partial charge is 0.456 e. The van der Waals surface area contributed by atoms with E-state index in [1.165, 1.54) is 75.1 Å². The summed E-state index contributed by atoms with van der Waals surface area (Å²) in [7, 11) is 0. The Bertz CT molecular complexity index is 3400. The second-order valence-corrected chi connectivity index (χ2v) is 14.8. The van der Waals surface area contributed by atoms with Crippen molar-refractivity contribution in [1.82, 2.24) is 9.13 Å². The Morgan fingerprint density at radius 3 is 1.83 bits per heavy atom. The van der Waals surface area contributed by atoms with Crippen molar-refractivity contribution in [3.05, 3.63) is 170 Å². The van der Waals surface area contributed by atoms with E-state index in [9.17, 15) is 0 Å². The zero-order valence-corrected chi connectivity index (χ0v) is 28.7. The summed E-state index contributed by atoms with van der Waals surface area (Å²) in [5.41, 5.74) is 11.2. The van der Waals surface area contributed by atoms with Crippen LogP contribution in [0.4, 0.5) is 0 Å². The molecule has 0 unspecified atom stereocenters. The molecule has 4 heterocycles. The average molecular weight is 681 g/mol. The van der Waals surface area contributed by atoms with Gasteiger partial charge in [-0.15, -0.1) is 11.3 Å². The molecule has 3 nitrogen and oxygen atoms in total. The molecule has 0 aliphatic carbocycles. The van der Waals surface area contributed by atoms with E-state index in [0.29, 0.717) is 0 Å². The lowest BCUT2D eigenvalue weighted by Crippen LogP contribution is -1.93. The molecule has 0 atom stereocenters. The minimum Gasteiger partial charge on any atom is -0.456 e. The molecular formula is C48H28N2OS. The van der Waals surface area contributed by atoms with Crippen LogP contribution in [0.3, 0.4) is 0 Å². The van der Waals surface area contributed by atoms with Crippen LogP contribution in [0, 0.1) is 0 Å². The number of furan rings is 1. The molecule has 0 saturated heterocycles. The number of thiophene rings is 1. The van der Waals surface area contributed by atoms with E-state index in [2.05, 4.69) is 173 Å². The second kappa shape index (κ2) is 10.5. The summed E-state index contributed by atoms with van der Waals surface area (Å²) in [5.74, 6) is 0. The lowest BCUT2D eigenvalue weighted by Gasteiger charge is -2.10. The molecule has 8 aromatic carbocycles. The number of hydrogen-bond donors (Lipinski definition) is 0. The quantitative estimate of drug-likeness (QED) is 0.182. The number of para-hydroxylation sites is 3. The Hall–Kier alpha value is -6.62. The van der Waals surface area contributed by atoms with Crippen molar-refractivity contribution in [2.75, 3.05) is 0 Å². The summed E-state index contributed by atoms with van der Waals surface area (Å²) in [6, 6.07) is 61.7. The Kier molecular flexibility index (Phi) is 5.65. The van der Waals surface area contributed by atoms with Crippen molar-refractivity contribution >= 4 is 97.1 Å². The van der Waals surface area contributed by atoms with E-state index in [-0.39, 0.29) is 0 Å². The van der Waals surface area contributed by atoms with Crippen LogP contribution in [0.25, 0.3) is 108 Å². The molecule has 0 bridgehead atoms. The molecule has 0 saturated carbocycles. The molecule has 0 aliphatic rings. The molecule has 0 N–H and O–H groups in total. The van der Waals surface area contributed by atoms with Crippen LogP contribution in [-0.4, -0.2) is 9.13 Å². The van der Waals surface area contributed by atoms with E-state index >= 15 is 0 Å². The molecule has 0 amide bonds. The number of nitrogens with zero attached hydrogens (tertiary/aromatic N) is 2. The van der Waals surface area contributed by atoms with E-state index in [0.717, 1.165) is 33.1 Å². The van der Waals surface area contributed by atoms with Crippen molar-refractivity contribution < 1.29 is 4.42 Å². The first-order valence-corrected chi connectivity index (χ1v) is 18.5. The van der Waals surface area contributed by atoms with Gasteiger partial charge < -0.3 is 13.6 Å². The first-order chi connectivity index (χ1) is 25.8. The topological polar surface area (TPSA) is 23.0 Å². The fourth-order valence-electron chi connectivity index (χ4n) is 8.63. The van der Waals surface area contributed by atoms with Crippen LogP contribution >= 0.6 is 11.3 Å². The summed E-state index contributed by atoms with van der Waals surface area (Å²) in [4.78, 5) is 0. The Balaban J connectivity index is 1.15. The third-order valence-electron chi connectivity index (χ3n) is 10.9. The van der Waals surface area contributed by atoms with Gasteiger partial charge in [0, 0.05) is 69.9 Å². The Morgan fingerprint density at radius 2 is 1.00 bits per heavy atom. The summed E-state index contributed by atoms with van der Waals surface area (Å²) in [5, 5.41) is 9.97. The maximum atomic E-state index is 6.39. The molecule has 0 fully saturated rings. The highest BCUT2D eigenvalue weighted by atomic mass is 32.1. The highest BCUT2D eigenvalue weighted by Crippen LogP contribution is 2.45. The lowest BCUT2D eigenvalue weighted by molar-refractivity contribution is 0.669. The first kappa shape index (κ1) is 28.1. The van der Waals surface area contributed by atoms with Gasteiger partial charge in [0.05, 0.1) is 22.1 Å². The van der Waals surface area contributed by atoms with Gasteiger partial charge in [0.1, 0.15) is 11.2 Å². The van der Waals surface area contributed by atoms with Crippen LogP contribution in [0.1, 0.15) is 0 Å². The fourth-order valence-corrected chi connectivity index (χ4v) is 9.74. The Labute approximate surface area is 301 Å². The zero-order valence-electron chi connectivity index (χ0n) is 27.9. The molecular weight excluding hydrogens is 653 g/mol. The van der Waals surface area contributed by atoms with Gasteiger partial charge in [-0.2, -0.15) is 0 Å². The maximum absolute atomic E-state index is 6.39. The minimum atomic E-state index is 0.904. The predicted octanol–water partition coefficient (Wildman–Crippen LogP) is 13.8. The van der Waals surface area contributed by atoms with Gasteiger partial charge >= 0.3 is 0 Å². The van der Waals surface area contributed by atoms with Crippen molar-refractivity contribution in [2.45, 2.75) is 0 Å². The van der Waals surface area contributed by atoms with Gasteiger partial charge in [-0.05, 0) is 83.9 Å². The Morgan fingerprint density at radius 1 is 0.346 bits per heavy atom. The van der Waals surface area contributed by atoms with Gasteiger partial charge in [-0.3, -0.25) is 0 Å². The standard InChI is InChI=1S/C48H28N2OS/c1-3-11-31(12-4-1)49-39-22-20-29(25-38(39)47-40(49)23-24-46-48(47)35-16-8-10-18-45(35)52-46)30-19-21-33-36-27-37-34-15-7-9-17-43(34)51-44(37)28-42(36)50(41(33)26-30)32-13-5-2-6-14-32/h1-28H. The third-order valence-corrected chi connectivity index (χ3v) is 12.0. The fraction of sp³-hybridized carbons (Fsp3) is 0. The van der Waals surface area contributed by atoms with E-state index < -0.39 is 0 Å². The van der Waals surface area contributed by atoms with E-state index in [4.69, 9.17) is 4.42 Å². The monoisotopic (exact) mass is 680 g/mol. The molecule has 0 spiro atoms. The van der Waals surface area contributed by atoms with Gasteiger partial charge in [0.15, 0.2) is 0 Å². The van der Waals surface area contributed by atoms with Gasteiger partial charge in [-0.25, -0.2) is 0 Å². The normalized spacial score (nSPS) is 12.2. The smallest absolute Gasteiger partial charge is 0.137 e.